The molecule has 0 amide bonds. The molecule has 138 valence electrons. The Labute approximate surface area is 148 Å². The SMILES string of the molecule is CCOC/C=C/c1ccc(C(F)(F)C2(c3ccc(F)cc3F)CO2)nc1. The van der Waals surface area contributed by atoms with Gasteiger partial charge in [-0.1, -0.05) is 18.2 Å². The van der Waals surface area contributed by atoms with Crippen molar-refractivity contribution in [1.29, 1.82) is 0 Å². The first-order valence-corrected chi connectivity index (χ1v) is 8.09. The van der Waals surface area contributed by atoms with E-state index in [2.05, 4.69) is 4.98 Å². The third-order valence-corrected chi connectivity index (χ3v) is 4.14. The molecule has 1 atom stereocenters. The first-order chi connectivity index (χ1) is 12.4. The highest BCUT2D eigenvalue weighted by atomic mass is 19.3. The van der Waals surface area contributed by atoms with Crippen molar-refractivity contribution in [3.8, 4) is 0 Å². The van der Waals surface area contributed by atoms with Crippen LogP contribution in [0.4, 0.5) is 17.6 Å². The lowest BCUT2D eigenvalue weighted by Gasteiger charge is -2.24. The Morgan fingerprint density at radius 2 is 2.04 bits per heavy atom. The number of rotatable bonds is 7. The molecule has 3 rings (SSSR count). The number of epoxide rings is 1. The predicted octanol–water partition coefficient (Wildman–Crippen LogP) is 4.43. The molecule has 1 aromatic heterocycles. The first-order valence-electron chi connectivity index (χ1n) is 8.09. The van der Waals surface area contributed by atoms with Crippen molar-refractivity contribution in [3.63, 3.8) is 0 Å². The van der Waals surface area contributed by atoms with Crippen molar-refractivity contribution >= 4 is 6.08 Å². The van der Waals surface area contributed by atoms with Crippen LogP contribution in [0.2, 0.25) is 0 Å². The Kier molecular flexibility index (Phi) is 5.11. The molecule has 0 saturated carbocycles. The van der Waals surface area contributed by atoms with E-state index in [0.29, 0.717) is 24.8 Å². The Bertz CT molecular complexity index is 802. The van der Waals surface area contributed by atoms with Crippen LogP contribution in [0.1, 0.15) is 23.7 Å². The molecule has 1 aliphatic heterocycles. The van der Waals surface area contributed by atoms with E-state index in [-0.39, 0.29) is 12.2 Å². The van der Waals surface area contributed by atoms with Crippen LogP contribution in [0.5, 0.6) is 0 Å². The van der Waals surface area contributed by atoms with Crippen molar-refractivity contribution in [2.75, 3.05) is 19.8 Å². The summed E-state index contributed by atoms with van der Waals surface area (Å²) in [6, 6.07) is 5.13. The van der Waals surface area contributed by atoms with E-state index < -0.39 is 28.9 Å². The van der Waals surface area contributed by atoms with Crippen molar-refractivity contribution in [2.24, 2.45) is 0 Å². The van der Waals surface area contributed by atoms with Gasteiger partial charge in [0, 0.05) is 24.4 Å². The maximum Gasteiger partial charge on any atom is 0.324 e. The number of alkyl halides is 2. The van der Waals surface area contributed by atoms with Gasteiger partial charge in [-0.05, 0) is 30.7 Å². The van der Waals surface area contributed by atoms with E-state index in [1.807, 2.05) is 6.92 Å². The van der Waals surface area contributed by atoms with E-state index in [9.17, 15) is 17.6 Å². The molecule has 1 fully saturated rings. The number of benzene rings is 1. The molecule has 1 saturated heterocycles. The fourth-order valence-electron chi connectivity index (χ4n) is 2.66. The van der Waals surface area contributed by atoms with Crippen LogP contribution in [-0.4, -0.2) is 24.8 Å². The average molecular weight is 367 g/mol. The van der Waals surface area contributed by atoms with E-state index >= 15 is 0 Å². The molecule has 0 aliphatic carbocycles. The first kappa shape index (κ1) is 18.5. The van der Waals surface area contributed by atoms with E-state index in [1.165, 1.54) is 18.3 Å². The van der Waals surface area contributed by atoms with Gasteiger partial charge in [-0.2, -0.15) is 8.78 Å². The van der Waals surface area contributed by atoms with Gasteiger partial charge < -0.3 is 9.47 Å². The van der Waals surface area contributed by atoms with Crippen LogP contribution < -0.4 is 0 Å². The third kappa shape index (κ3) is 3.37. The fourth-order valence-corrected chi connectivity index (χ4v) is 2.66. The summed E-state index contributed by atoms with van der Waals surface area (Å²) in [6.07, 6.45) is 4.74. The highest BCUT2D eigenvalue weighted by Crippen LogP contribution is 2.56. The lowest BCUT2D eigenvalue weighted by Crippen LogP contribution is -2.34. The molecule has 0 N–H and O–H groups in total. The van der Waals surface area contributed by atoms with Crippen LogP contribution in [0, 0.1) is 11.6 Å². The number of nitrogens with zero attached hydrogens (tertiary/aromatic N) is 1. The summed E-state index contributed by atoms with van der Waals surface area (Å²) in [5, 5.41) is 0. The van der Waals surface area contributed by atoms with Gasteiger partial charge in [-0.3, -0.25) is 4.98 Å². The van der Waals surface area contributed by atoms with Crippen molar-refractivity contribution in [1.82, 2.24) is 4.98 Å². The smallest absolute Gasteiger partial charge is 0.324 e. The second-order valence-corrected chi connectivity index (χ2v) is 5.85. The highest BCUT2D eigenvalue weighted by Gasteiger charge is 2.68. The van der Waals surface area contributed by atoms with Crippen LogP contribution in [-0.2, 0) is 21.0 Å². The molecule has 1 aliphatic rings. The van der Waals surface area contributed by atoms with Crippen molar-refractivity contribution in [3.05, 3.63) is 71.1 Å². The van der Waals surface area contributed by atoms with Crippen molar-refractivity contribution in [2.45, 2.75) is 18.4 Å². The molecule has 0 bridgehead atoms. The molecule has 26 heavy (non-hydrogen) atoms. The van der Waals surface area contributed by atoms with Gasteiger partial charge in [0.15, 0.2) is 5.60 Å². The number of hydrogen-bond acceptors (Lipinski definition) is 3. The molecule has 3 nitrogen and oxygen atoms in total. The zero-order valence-corrected chi connectivity index (χ0v) is 14.0. The summed E-state index contributed by atoms with van der Waals surface area (Å²) in [4.78, 5) is 3.81. The summed E-state index contributed by atoms with van der Waals surface area (Å²) in [5.41, 5.74) is -2.46. The van der Waals surface area contributed by atoms with Gasteiger partial charge in [0.2, 0.25) is 0 Å². The predicted molar refractivity (Wildman–Crippen MR) is 87.6 cm³/mol. The van der Waals surface area contributed by atoms with E-state index in [1.54, 1.807) is 12.2 Å². The molecule has 1 unspecified atom stereocenters. The van der Waals surface area contributed by atoms with Gasteiger partial charge in [0.05, 0.1) is 13.2 Å². The summed E-state index contributed by atoms with van der Waals surface area (Å²) in [6.45, 7) is 2.48. The standard InChI is InChI=1S/C19H17F4NO2/c1-2-25-9-3-4-13-5-8-17(24-11-13)19(22,23)18(12-26-18)15-7-6-14(20)10-16(15)21/h3-8,10-11H,2,9,12H2,1H3/b4-3+. The van der Waals surface area contributed by atoms with E-state index in [4.69, 9.17) is 9.47 Å². The molecule has 2 aromatic rings. The zero-order valence-electron chi connectivity index (χ0n) is 14.0. The van der Waals surface area contributed by atoms with Crippen LogP contribution in [0.15, 0.2) is 42.6 Å². The molecular weight excluding hydrogens is 350 g/mol. The second kappa shape index (κ2) is 7.17. The third-order valence-electron chi connectivity index (χ3n) is 4.14. The molecular formula is C19H17F4NO2. The van der Waals surface area contributed by atoms with Crippen LogP contribution in [0.3, 0.4) is 0 Å². The Morgan fingerprint density at radius 1 is 1.27 bits per heavy atom. The minimum atomic E-state index is -3.57. The lowest BCUT2D eigenvalue weighted by atomic mass is 9.90. The topological polar surface area (TPSA) is 34.6 Å². The number of halogens is 4. The van der Waals surface area contributed by atoms with Crippen LogP contribution >= 0.6 is 0 Å². The largest absolute Gasteiger partial charge is 0.378 e. The zero-order chi connectivity index (χ0) is 18.8. The minimum absolute atomic E-state index is 0.375. The number of aromatic nitrogens is 1. The summed E-state index contributed by atoms with van der Waals surface area (Å²) < 4.78 is 67.1. The highest BCUT2D eigenvalue weighted by molar-refractivity contribution is 5.48. The maximum atomic E-state index is 15.0. The van der Waals surface area contributed by atoms with Gasteiger partial charge >= 0.3 is 5.92 Å². The Hall–Kier alpha value is -2.25. The van der Waals surface area contributed by atoms with Crippen LogP contribution in [0.25, 0.3) is 6.08 Å². The normalized spacial score (nSPS) is 19.9. The maximum absolute atomic E-state index is 15.0. The molecule has 1 aromatic carbocycles. The number of hydrogen-bond donors (Lipinski definition) is 0. The molecule has 7 heteroatoms. The molecule has 2 heterocycles. The summed E-state index contributed by atoms with van der Waals surface area (Å²) in [5.74, 6) is -5.48. The van der Waals surface area contributed by atoms with Gasteiger partial charge in [0.25, 0.3) is 0 Å². The van der Waals surface area contributed by atoms with Crippen molar-refractivity contribution < 1.29 is 27.0 Å². The summed E-state index contributed by atoms with van der Waals surface area (Å²) in [7, 11) is 0. The quantitative estimate of drug-likeness (QED) is 0.413. The van der Waals surface area contributed by atoms with Gasteiger partial charge in [0.1, 0.15) is 17.3 Å². The van der Waals surface area contributed by atoms with Gasteiger partial charge in [-0.25, -0.2) is 8.78 Å². The number of pyridine rings is 1. The monoisotopic (exact) mass is 367 g/mol. The molecule has 0 radical (unpaired) electrons. The summed E-state index contributed by atoms with van der Waals surface area (Å²) >= 11 is 0. The Balaban J connectivity index is 1.84. The van der Waals surface area contributed by atoms with Gasteiger partial charge in [-0.15, -0.1) is 0 Å². The Morgan fingerprint density at radius 3 is 2.62 bits per heavy atom. The second-order valence-electron chi connectivity index (χ2n) is 5.85. The lowest BCUT2D eigenvalue weighted by molar-refractivity contribution is -0.0901. The number of ether oxygens (including phenoxy) is 2. The average Bonchev–Trinajstić information content (AvgIpc) is 3.41. The fraction of sp³-hybridized carbons (Fsp3) is 0.316. The molecule has 0 spiro atoms. The minimum Gasteiger partial charge on any atom is -0.378 e. The van der Waals surface area contributed by atoms with E-state index in [0.717, 1.165) is 12.1 Å².